The van der Waals surface area contributed by atoms with Crippen molar-refractivity contribution in [2.75, 3.05) is 6.54 Å². The first-order valence-corrected chi connectivity index (χ1v) is 2.87. The molecule has 0 aromatic rings. The van der Waals surface area contributed by atoms with Crippen LogP contribution in [0.3, 0.4) is 0 Å². The van der Waals surface area contributed by atoms with Crippen LogP contribution in [0.25, 0.3) is 0 Å². The predicted octanol–water partition coefficient (Wildman–Crippen LogP) is 1.69. The van der Waals surface area contributed by atoms with Crippen molar-refractivity contribution < 1.29 is 0 Å². The minimum absolute atomic E-state index is 0.964. The molecule has 0 unspecified atom stereocenters. The van der Waals surface area contributed by atoms with E-state index in [1.165, 1.54) is 0 Å². The predicted molar refractivity (Wildman–Crippen MR) is 37.6 cm³/mol. The second-order valence-corrected chi connectivity index (χ2v) is 1.48. The standard InChI is InChI=1S/C7H13N/c1-4-7(5-2)8-6-3/h4-5,8H,1,6H2,2-3H3/b7-5-. The van der Waals surface area contributed by atoms with Gasteiger partial charge >= 0.3 is 0 Å². The molecule has 1 nitrogen and oxygen atoms in total. The Balaban J connectivity index is 3.54. The van der Waals surface area contributed by atoms with Crippen LogP contribution in [0.15, 0.2) is 24.4 Å². The fourth-order valence-electron chi connectivity index (χ4n) is 0.496. The van der Waals surface area contributed by atoms with Gasteiger partial charge in [0, 0.05) is 12.2 Å². The zero-order valence-corrected chi connectivity index (χ0v) is 5.57. The highest BCUT2D eigenvalue weighted by Gasteiger charge is 1.79. The Hall–Kier alpha value is -0.720. The van der Waals surface area contributed by atoms with Gasteiger partial charge in [0.25, 0.3) is 0 Å². The lowest BCUT2D eigenvalue weighted by atomic mass is 10.4. The number of rotatable bonds is 3. The van der Waals surface area contributed by atoms with E-state index in [9.17, 15) is 0 Å². The summed E-state index contributed by atoms with van der Waals surface area (Å²) in [6.45, 7) is 8.63. The highest BCUT2D eigenvalue weighted by molar-refractivity contribution is 5.12. The molecule has 46 valence electrons. The molecule has 0 atom stereocenters. The van der Waals surface area contributed by atoms with E-state index >= 15 is 0 Å². The van der Waals surface area contributed by atoms with Crippen molar-refractivity contribution in [1.29, 1.82) is 0 Å². The van der Waals surface area contributed by atoms with Crippen LogP contribution in [0.1, 0.15) is 13.8 Å². The lowest BCUT2D eigenvalue weighted by molar-refractivity contribution is 0.877. The molecule has 0 amide bonds. The number of allylic oxidation sites excluding steroid dienone is 2. The van der Waals surface area contributed by atoms with Gasteiger partial charge in [0.15, 0.2) is 0 Å². The fourth-order valence-corrected chi connectivity index (χ4v) is 0.496. The molecule has 0 rings (SSSR count). The van der Waals surface area contributed by atoms with E-state index < -0.39 is 0 Å². The van der Waals surface area contributed by atoms with Crippen LogP contribution in [0, 0.1) is 0 Å². The third kappa shape index (κ3) is 2.45. The zero-order chi connectivity index (χ0) is 6.41. The van der Waals surface area contributed by atoms with E-state index in [2.05, 4.69) is 18.8 Å². The first-order valence-electron chi connectivity index (χ1n) is 2.87. The first-order chi connectivity index (χ1) is 3.85. The molecule has 0 aromatic carbocycles. The molecule has 1 heteroatoms. The molecule has 0 spiro atoms. The Morgan fingerprint density at radius 3 is 2.50 bits per heavy atom. The van der Waals surface area contributed by atoms with Crippen LogP contribution in [-0.2, 0) is 0 Å². The molecule has 1 N–H and O–H groups in total. The summed E-state index contributed by atoms with van der Waals surface area (Å²) in [4.78, 5) is 0. The van der Waals surface area contributed by atoms with Gasteiger partial charge in [0.05, 0.1) is 0 Å². The van der Waals surface area contributed by atoms with Crippen LogP contribution in [-0.4, -0.2) is 6.54 Å². The number of hydrogen-bond donors (Lipinski definition) is 1. The van der Waals surface area contributed by atoms with E-state index in [1.54, 1.807) is 0 Å². The maximum absolute atomic E-state index is 3.62. The van der Waals surface area contributed by atoms with Crippen molar-refractivity contribution in [2.45, 2.75) is 13.8 Å². The van der Waals surface area contributed by atoms with E-state index in [4.69, 9.17) is 0 Å². The quantitative estimate of drug-likeness (QED) is 0.546. The normalized spacial score (nSPS) is 11.0. The van der Waals surface area contributed by atoms with Crippen LogP contribution >= 0.6 is 0 Å². The third-order valence-electron chi connectivity index (χ3n) is 0.912. The van der Waals surface area contributed by atoms with Gasteiger partial charge in [-0.2, -0.15) is 0 Å². The highest BCUT2D eigenvalue weighted by Crippen LogP contribution is 1.85. The van der Waals surface area contributed by atoms with Gasteiger partial charge in [-0.3, -0.25) is 0 Å². The lowest BCUT2D eigenvalue weighted by Crippen LogP contribution is -2.09. The summed E-state index contributed by atoms with van der Waals surface area (Å²) in [6, 6.07) is 0. The first kappa shape index (κ1) is 7.28. The molecule has 0 aliphatic heterocycles. The second kappa shape index (κ2) is 4.44. The van der Waals surface area contributed by atoms with Gasteiger partial charge < -0.3 is 5.32 Å². The van der Waals surface area contributed by atoms with Crippen molar-refractivity contribution in [3.63, 3.8) is 0 Å². The number of nitrogens with one attached hydrogen (secondary N) is 1. The summed E-state index contributed by atoms with van der Waals surface area (Å²) in [5.74, 6) is 0. The minimum atomic E-state index is 0.964. The second-order valence-electron chi connectivity index (χ2n) is 1.48. The average molecular weight is 111 g/mol. The van der Waals surface area contributed by atoms with Gasteiger partial charge in [0.1, 0.15) is 0 Å². The number of hydrogen-bond acceptors (Lipinski definition) is 1. The van der Waals surface area contributed by atoms with Crippen LogP contribution in [0.5, 0.6) is 0 Å². The van der Waals surface area contributed by atoms with Crippen LogP contribution < -0.4 is 5.32 Å². The van der Waals surface area contributed by atoms with Gasteiger partial charge in [-0.25, -0.2) is 0 Å². The smallest absolute Gasteiger partial charge is 0.0290 e. The molecule has 0 saturated heterocycles. The van der Waals surface area contributed by atoms with E-state index in [0.29, 0.717) is 0 Å². The van der Waals surface area contributed by atoms with E-state index in [-0.39, 0.29) is 0 Å². The molecular formula is C7H13N. The maximum Gasteiger partial charge on any atom is 0.0290 e. The Morgan fingerprint density at radius 1 is 1.75 bits per heavy atom. The highest BCUT2D eigenvalue weighted by atomic mass is 14.9. The Bertz CT molecular complexity index is 92.6. The van der Waals surface area contributed by atoms with Gasteiger partial charge in [0.2, 0.25) is 0 Å². The molecular weight excluding hydrogens is 98.1 g/mol. The summed E-state index contributed by atoms with van der Waals surface area (Å²) in [6.07, 6.45) is 3.81. The lowest BCUT2D eigenvalue weighted by Gasteiger charge is -1.99. The molecule has 8 heavy (non-hydrogen) atoms. The summed E-state index contributed by atoms with van der Waals surface area (Å²) < 4.78 is 0. The van der Waals surface area contributed by atoms with E-state index in [0.717, 1.165) is 12.2 Å². The molecule has 0 fully saturated rings. The summed E-state index contributed by atoms with van der Waals surface area (Å²) in [5.41, 5.74) is 1.10. The molecule has 0 radical (unpaired) electrons. The van der Waals surface area contributed by atoms with Crippen LogP contribution in [0.4, 0.5) is 0 Å². The van der Waals surface area contributed by atoms with Crippen molar-refractivity contribution in [2.24, 2.45) is 0 Å². The van der Waals surface area contributed by atoms with Crippen LogP contribution in [0.2, 0.25) is 0 Å². The van der Waals surface area contributed by atoms with Crippen molar-refractivity contribution in [3.8, 4) is 0 Å². The van der Waals surface area contributed by atoms with Gasteiger partial charge in [-0.05, 0) is 19.9 Å². The van der Waals surface area contributed by atoms with Gasteiger partial charge in [-0.1, -0.05) is 12.7 Å². The van der Waals surface area contributed by atoms with Crippen molar-refractivity contribution in [3.05, 3.63) is 24.4 Å². The summed E-state index contributed by atoms with van der Waals surface area (Å²) >= 11 is 0. The van der Waals surface area contributed by atoms with Gasteiger partial charge in [-0.15, -0.1) is 0 Å². The van der Waals surface area contributed by atoms with Crippen molar-refractivity contribution >= 4 is 0 Å². The third-order valence-corrected chi connectivity index (χ3v) is 0.912. The molecule has 0 aliphatic carbocycles. The summed E-state index contributed by atoms with van der Waals surface area (Å²) in [7, 11) is 0. The molecule has 0 aliphatic rings. The molecule has 0 saturated carbocycles. The number of likely N-dealkylation sites (N-methyl/N-ethyl adjacent to an activating group) is 1. The minimum Gasteiger partial charge on any atom is -0.386 e. The Morgan fingerprint density at radius 2 is 2.38 bits per heavy atom. The average Bonchev–Trinajstić information content (AvgIpc) is 1.83. The largest absolute Gasteiger partial charge is 0.386 e. The maximum atomic E-state index is 3.62. The SMILES string of the molecule is C=C/C(=C/C)NCC. The van der Waals surface area contributed by atoms with Crippen molar-refractivity contribution in [1.82, 2.24) is 5.32 Å². The monoisotopic (exact) mass is 111 g/mol. The molecule has 0 bridgehead atoms. The summed E-state index contributed by atoms with van der Waals surface area (Å²) in [5, 5.41) is 3.12. The Kier molecular flexibility index (Phi) is 4.04. The molecule has 0 aromatic heterocycles. The Labute approximate surface area is 51.1 Å². The topological polar surface area (TPSA) is 12.0 Å². The fraction of sp³-hybridized carbons (Fsp3) is 0.429. The zero-order valence-electron chi connectivity index (χ0n) is 5.57. The molecule has 0 heterocycles. The van der Waals surface area contributed by atoms with E-state index in [1.807, 2.05) is 19.1 Å².